The van der Waals surface area contributed by atoms with Gasteiger partial charge in [-0.15, -0.1) is 12.4 Å². The van der Waals surface area contributed by atoms with E-state index in [2.05, 4.69) is 10.3 Å². The zero-order chi connectivity index (χ0) is 13.8. The van der Waals surface area contributed by atoms with E-state index in [1.165, 1.54) is 0 Å². The molecule has 1 N–H and O–H groups in total. The van der Waals surface area contributed by atoms with E-state index in [-0.39, 0.29) is 47.4 Å². The molecule has 20 heavy (non-hydrogen) atoms. The lowest BCUT2D eigenvalue weighted by atomic mass is 10.2. The van der Waals surface area contributed by atoms with E-state index in [4.69, 9.17) is 32.7 Å². The first-order valence-corrected chi connectivity index (χ1v) is 6.59. The van der Waals surface area contributed by atoms with Gasteiger partial charge in [0.2, 0.25) is 0 Å². The molecule has 1 aromatic heterocycles. The summed E-state index contributed by atoms with van der Waals surface area (Å²) in [5, 5.41) is 3.60. The lowest BCUT2D eigenvalue weighted by Crippen LogP contribution is -2.32. The Morgan fingerprint density at radius 1 is 1.45 bits per heavy atom. The maximum Gasteiger partial charge on any atom is 0.323 e. The highest BCUT2D eigenvalue weighted by atomic mass is 35.5. The van der Waals surface area contributed by atoms with E-state index < -0.39 is 0 Å². The smallest absolute Gasteiger partial charge is 0.323 e. The van der Waals surface area contributed by atoms with Crippen molar-refractivity contribution >= 4 is 41.6 Å². The molecule has 0 bridgehead atoms. The number of methoxy groups -OCH3 is 1. The Bertz CT molecular complexity index is 453. The fourth-order valence-electron chi connectivity index (χ4n) is 1.91. The quantitative estimate of drug-likeness (QED) is 0.672. The predicted molar refractivity (Wildman–Crippen MR) is 78.5 cm³/mol. The minimum Gasteiger partial charge on any atom is -0.460 e. The highest BCUT2D eigenvalue weighted by molar-refractivity contribution is 6.32. The Morgan fingerprint density at radius 2 is 2.10 bits per heavy atom. The Hall–Kier alpha value is -0.590. The third kappa shape index (κ3) is 4.75. The van der Waals surface area contributed by atoms with Crippen molar-refractivity contribution in [3.8, 4) is 0 Å². The van der Waals surface area contributed by atoms with Gasteiger partial charge in [-0.3, -0.25) is 4.79 Å². The van der Waals surface area contributed by atoms with Crippen molar-refractivity contribution < 1.29 is 14.3 Å². The Balaban J connectivity index is 0.00000200. The number of nitrogens with one attached hydrogen (secondary N) is 1. The summed E-state index contributed by atoms with van der Waals surface area (Å²) in [5.41, 5.74) is 0.708. The van der Waals surface area contributed by atoms with Gasteiger partial charge in [0.1, 0.15) is 23.0 Å². The molecule has 8 heteroatoms. The third-order valence-corrected chi connectivity index (χ3v) is 3.30. The number of aromatic nitrogens is 1. The number of ether oxygens (including phenoxy) is 2. The molecule has 1 fully saturated rings. The van der Waals surface area contributed by atoms with Gasteiger partial charge in [-0.1, -0.05) is 23.2 Å². The van der Waals surface area contributed by atoms with Crippen LogP contribution in [0.4, 0.5) is 0 Å². The number of hydrogen-bond donors (Lipinski definition) is 1. The summed E-state index contributed by atoms with van der Waals surface area (Å²) in [4.78, 5) is 15.6. The van der Waals surface area contributed by atoms with Gasteiger partial charge in [-0.25, -0.2) is 4.98 Å². The highest BCUT2D eigenvalue weighted by Crippen LogP contribution is 2.16. The summed E-state index contributed by atoms with van der Waals surface area (Å²) in [6.45, 7) is 0.778. The van der Waals surface area contributed by atoms with Gasteiger partial charge in [0.05, 0.1) is 6.10 Å². The normalized spacial score (nSPS) is 21.4. The van der Waals surface area contributed by atoms with Gasteiger partial charge in [0.25, 0.3) is 0 Å². The van der Waals surface area contributed by atoms with Crippen molar-refractivity contribution in [2.45, 2.75) is 25.2 Å². The molecule has 5 nitrogen and oxygen atoms in total. The van der Waals surface area contributed by atoms with E-state index >= 15 is 0 Å². The fraction of sp³-hybridized carbons (Fsp3) is 0.500. The van der Waals surface area contributed by atoms with E-state index in [0.717, 1.165) is 0 Å². The molecule has 2 atom stereocenters. The summed E-state index contributed by atoms with van der Waals surface area (Å²) < 4.78 is 10.4. The molecule has 0 saturated carbocycles. The average Bonchev–Trinajstić information content (AvgIpc) is 2.83. The van der Waals surface area contributed by atoms with Crippen molar-refractivity contribution in [2.24, 2.45) is 0 Å². The van der Waals surface area contributed by atoms with E-state index in [1.54, 1.807) is 19.2 Å². The van der Waals surface area contributed by atoms with E-state index in [1.807, 2.05) is 0 Å². The van der Waals surface area contributed by atoms with Crippen LogP contribution in [-0.4, -0.2) is 36.8 Å². The number of halogens is 3. The Kier molecular flexibility index (Phi) is 6.99. The van der Waals surface area contributed by atoms with Gasteiger partial charge >= 0.3 is 5.97 Å². The van der Waals surface area contributed by atoms with Crippen LogP contribution in [0.5, 0.6) is 0 Å². The number of esters is 1. The molecule has 1 aromatic rings. The van der Waals surface area contributed by atoms with Gasteiger partial charge < -0.3 is 14.8 Å². The molecule has 0 amide bonds. The van der Waals surface area contributed by atoms with E-state index in [9.17, 15) is 4.79 Å². The van der Waals surface area contributed by atoms with Gasteiger partial charge in [-0.05, 0) is 17.7 Å². The first-order chi connectivity index (χ1) is 9.08. The van der Waals surface area contributed by atoms with Crippen LogP contribution in [0.15, 0.2) is 12.1 Å². The Morgan fingerprint density at radius 3 is 2.65 bits per heavy atom. The molecular weight excluding hydrogens is 327 g/mol. The van der Waals surface area contributed by atoms with Crippen LogP contribution in [-0.2, 0) is 20.9 Å². The van der Waals surface area contributed by atoms with Gasteiger partial charge in [-0.2, -0.15) is 0 Å². The van der Waals surface area contributed by atoms with Crippen LogP contribution < -0.4 is 5.32 Å². The predicted octanol–water partition coefficient (Wildman–Crippen LogP) is 2.23. The summed E-state index contributed by atoms with van der Waals surface area (Å²) >= 11 is 11.5. The third-order valence-electron chi connectivity index (χ3n) is 2.91. The van der Waals surface area contributed by atoms with Crippen molar-refractivity contribution in [2.75, 3.05) is 13.7 Å². The minimum absolute atomic E-state index is 0. The molecule has 0 unspecified atom stereocenters. The zero-order valence-corrected chi connectivity index (χ0v) is 13.1. The molecule has 0 aliphatic carbocycles. The maximum absolute atomic E-state index is 11.8. The van der Waals surface area contributed by atoms with Crippen LogP contribution in [0.25, 0.3) is 0 Å². The highest BCUT2D eigenvalue weighted by Gasteiger charge is 2.30. The second-order valence-corrected chi connectivity index (χ2v) is 5.06. The minimum atomic E-state index is -0.322. The molecule has 0 spiro atoms. The monoisotopic (exact) mass is 340 g/mol. The summed E-state index contributed by atoms with van der Waals surface area (Å²) in [7, 11) is 1.63. The number of carbonyl (C=O) groups excluding carboxylic acids is 1. The summed E-state index contributed by atoms with van der Waals surface area (Å²) in [5.74, 6) is -0.302. The SMILES string of the molecule is CO[C@H]1CN[C@H](C(=O)OCc2cc(Cl)nc(Cl)c2)C1.Cl. The lowest BCUT2D eigenvalue weighted by Gasteiger charge is -2.10. The van der Waals surface area contributed by atoms with Crippen LogP contribution in [0.3, 0.4) is 0 Å². The second-order valence-electron chi connectivity index (χ2n) is 4.28. The molecule has 2 rings (SSSR count). The summed E-state index contributed by atoms with van der Waals surface area (Å²) in [6, 6.07) is 2.90. The van der Waals surface area contributed by atoms with Crippen molar-refractivity contribution in [1.82, 2.24) is 10.3 Å². The molecule has 2 heterocycles. The first kappa shape index (κ1) is 17.5. The van der Waals surface area contributed by atoms with E-state index in [0.29, 0.717) is 18.5 Å². The lowest BCUT2D eigenvalue weighted by molar-refractivity contribution is -0.147. The van der Waals surface area contributed by atoms with Crippen LogP contribution in [0.2, 0.25) is 10.3 Å². The topological polar surface area (TPSA) is 60.5 Å². The molecule has 1 aliphatic heterocycles. The van der Waals surface area contributed by atoms with Crippen molar-refractivity contribution in [3.05, 3.63) is 28.0 Å². The Labute approximate surface area is 133 Å². The number of rotatable bonds is 4. The molecule has 1 aliphatic rings. The number of pyridine rings is 1. The van der Waals surface area contributed by atoms with Crippen LogP contribution in [0, 0.1) is 0 Å². The molecule has 0 aromatic carbocycles. The molecule has 1 saturated heterocycles. The largest absolute Gasteiger partial charge is 0.460 e. The summed E-state index contributed by atoms with van der Waals surface area (Å²) in [6.07, 6.45) is 0.676. The standard InChI is InChI=1S/C12H14Cl2N2O3.ClH/c1-18-8-4-9(15-5-8)12(17)19-6-7-2-10(13)16-11(14)3-7;/h2-3,8-9,15H,4-6H2,1H3;1H/t8-,9+;/m1./s1. The van der Waals surface area contributed by atoms with Gasteiger partial charge in [0.15, 0.2) is 0 Å². The molecule has 0 radical (unpaired) electrons. The zero-order valence-electron chi connectivity index (χ0n) is 10.8. The molecule has 112 valence electrons. The first-order valence-electron chi connectivity index (χ1n) is 5.83. The maximum atomic E-state index is 11.8. The number of hydrogen-bond acceptors (Lipinski definition) is 5. The second kappa shape index (κ2) is 8.00. The van der Waals surface area contributed by atoms with Crippen LogP contribution in [0.1, 0.15) is 12.0 Å². The van der Waals surface area contributed by atoms with Crippen LogP contribution >= 0.6 is 35.6 Å². The number of nitrogens with zero attached hydrogens (tertiary/aromatic N) is 1. The fourth-order valence-corrected chi connectivity index (χ4v) is 2.42. The van der Waals surface area contributed by atoms with Crippen molar-refractivity contribution in [3.63, 3.8) is 0 Å². The van der Waals surface area contributed by atoms with Gasteiger partial charge in [0, 0.05) is 20.1 Å². The average molecular weight is 342 g/mol. The molecular formula is C12H15Cl3N2O3. The number of carbonyl (C=O) groups is 1. The van der Waals surface area contributed by atoms with Crippen molar-refractivity contribution in [1.29, 1.82) is 0 Å².